The van der Waals surface area contributed by atoms with E-state index in [0.29, 0.717) is 0 Å². The van der Waals surface area contributed by atoms with Gasteiger partial charge in [0.25, 0.3) is 0 Å². The van der Waals surface area contributed by atoms with Crippen LogP contribution in [0, 0.1) is 0 Å². The van der Waals surface area contributed by atoms with Crippen molar-refractivity contribution in [2.24, 2.45) is 0 Å². The zero-order chi connectivity index (χ0) is 17.2. The van der Waals surface area contributed by atoms with Gasteiger partial charge >= 0.3 is 0 Å². The first-order valence-corrected chi connectivity index (χ1v) is 9.91. The van der Waals surface area contributed by atoms with Crippen molar-refractivity contribution in [2.45, 2.75) is 53.0 Å². The molecule has 0 aliphatic heterocycles. The van der Waals surface area contributed by atoms with E-state index in [9.17, 15) is 0 Å². The largest absolute Gasteiger partial charge is 0.455 e. The van der Waals surface area contributed by atoms with E-state index in [0.717, 1.165) is 17.9 Å². The lowest BCUT2D eigenvalue weighted by molar-refractivity contribution is -0.913. The fourth-order valence-electron chi connectivity index (χ4n) is 3.47. The molecule has 2 aromatic rings. The molecule has 0 aliphatic rings. The second-order valence-corrected chi connectivity index (χ2v) is 6.90. The van der Waals surface area contributed by atoms with Crippen molar-refractivity contribution in [3.63, 3.8) is 0 Å². The zero-order valence-electron chi connectivity index (χ0n) is 15.9. The summed E-state index contributed by atoms with van der Waals surface area (Å²) in [5, 5.41) is 1.22. The third-order valence-corrected chi connectivity index (χ3v) is 5.21. The van der Waals surface area contributed by atoms with Crippen LogP contribution in [-0.4, -0.2) is 32.7 Å². The third-order valence-electron chi connectivity index (χ3n) is 5.21. The molecule has 1 unspecified atom stereocenters. The molecule has 0 fully saturated rings. The van der Waals surface area contributed by atoms with E-state index in [-0.39, 0.29) is 0 Å². The molecular formula is C21H36N2O+2. The Morgan fingerprint density at radius 3 is 2.04 bits per heavy atom. The minimum Gasteiger partial charge on any atom is -0.455 e. The van der Waals surface area contributed by atoms with Gasteiger partial charge < -0.3 is 14.2 Å². The average molecular weight is 333 g/mol. The molecule has 3 heteroatoms. The van der Waals surface area contributed by atoms with Gasteiger partial charge in [-0.3, -0.25) is 0 Å². The second-order valence-electron chi connectivity index (χ2n) is 6.90. The highest BCUT2D eigenvalue weighted by atomic mass is 16.3. The molecule has 3 nitrogen and oxygen atoms in total. The zero-order valence-corrected chi connectivity index (χ0v) is 15.9. The number of quaternary nitrogens is 2. The highest BCUT2D eigenvalue weighted by molar-refractivity contribution is 5.77. The smallest absolute Gasteiger partial charge is 0.159 e. The van der Waals surface area contributed by atoms with Gasteiger partial charge in [-0.05, 0) is 58.6 Å². The van der Waals surface area contributed by atoms with E-state index in [1.165, 1.54) is 63.8 Å². The first-order chi connectivity index (χ1) is 11.8. The maximum absolute atomic E-state index is 5.97. The second kappa shape index (κ2) is 10.5. The molecule has 1 aromatic carbocycles. The quantitative estimate of drug-likeness (QED) is 0.572. The highest BCUT2D eigenvalue weighted by Gasteiger charge is 2.11. The number of hydrogen-bond acceptors (Lipinski definition) is 1. The summed E-state index contributed by atoms with van der Waals surface area (Å²) in [6.45, 7) is 14.2. The molecule has 0 bridgehead atoms. The topological polar surface area (TPSA) is 22.0 Å². The molecular weight excluding hydrogens is 296 g/mol. The molecule has 0 saturated carbocycles. The van der Waals surface area contributed by atoms with Gasteiger partial charge in [0.05, 0.1) is 32.7 Å². The summed E-state index contributed by atoms with van der Waals surface area (Å²) < 4.78 is 5.97. The van der Waals surface area contributed by atoms with Crippen molar-refractivity contribution in [3.8, 4) is 0 Å². The molecule has 2 rings (SSSR count). The van der Waals surface area contributed by atoms with Gasteiger partial charge in [0.1, 0.15) is 12.1 Å². The number of rotatable bonds is 12. The van der Waals surface area contributed by atoms with Gasteiger partial charge in [0.15, 0.2) is 5.76 Å². The van der Waals surface area contributed by atoms with Crippen LogP contribution in [0.15, 0.2) is 34.7 Å². The fourth-order valence-corrected chi connectivity index (χ4v) is 3.47. The lowest BCUT2D eigenvalue weighted by Crippen LogP contribution is -3.11. The van der Waals surface area contributed by atoms with Crippen molar-refractivity contribution in [3.05, 3.63) is 36.1 Å². The number of benzene rings is 1. The molecule has 0 aliphatic carbocycles. The van der Waals surface area contributed by atoms with Crippen LogP contribution in [0.3, 0.4) is 0 Å². The molecule has 1 atom stereocenters. The van der Waals surface area contributed by atoms with Gasteiger partial charge in [-0.15, -0.1) is 0 Å². The minimum atomic E-state index is 1.01. The number of nitrogens with one attached hydrogen (secondary N) is 2. The Bertz CT molecular complexity index is 541. The van der Waals surface area contributed by atoms with Crippen molar-refractivity contribution < 1.29 is 14.2 Å². The molecule has 134 valence electrons. The highest BCUT2D eigenvalue weighted by Crippen LogP contribution is 2.17. The predicted molar refractivity (Wildman–Crippen MR) is 102 cm³/mol. The van der Waals surface area contributed by atoms with Crippen LogP contribution < -0.4 is 9.80 Å². The Kier molecular flexibility index (Phi) is 8.34. The number of fused-ring (bicyclic) bond motifs is 1. The van der Waals surface area contributed by atoms with Gasteiger partial charge in [-0.2, -0.15) is 0 Å². The van der Waals surface area contributed by atoms with Gasteiger partial charge in [0.2, 0.25) is 0 Å². The molecule has 1 heterocycles. The number of unbranched alkanes of at least 4 members (excludes halogenated alkanes) is 3. The Morgan fingerprint density at radius 2 is 1.42 bits per heavy atom. The Balaban J connectivity index is 1.67. The Hall–Kier alpha value is -1.32. The molecule has 24 heavy (non-hydrogen) atoms. The summed E-state index contributed by atoms with van der Waals surface area (Å²) in [6.07, 6.45) is 5.45. The van der Waals surface area contributed by atoms with Gasteiger partial charge in [-0.25, -0.2) is 0 Å². The molecule has 0 saturated heterocycles. The Labute approximate surface area is 147 Å². The number of furan rings is 1. The van der Waals surface area contributed by atoms with Gasteiger partial charge in [0, 0.05) is 5.39 Å². The van der Waals surface area contributed by atoms with Gasteiger partial charge in [-0.1, -0.05) is 18.2 Å². The van der Waals surface area contributed by atoms with E-state index in [1.54, 1.807) is 9.80 Å². The van der Waals surface area contributed by atoms with Crippen LogP contribution in [0.1, 0.15) is 52.2 Å². The molecule has 1 aromatic heterocycles. The number of hydrogen-bond donors (Lipinski definition) is 2. The van der Waals surface area contributed by atoms with E-state index >= 15 is 0 Å². The Morgan fingerprint density at radius 1 is 0.792 bits per heavy atom. The maximum Gasteiger partial charge on any atom is 0.159 e. The minimum absolute atomic E-state index is 1.01. The van der Waals surface area contributed by atoms with Crippen LogP contribution in [0.4, 0.5) is 0 Å². The van der Waals surface area contributed by atoms with Crippen LogP contribution in [-0.2, 0) is 6.54 Å². The molecule has 2 N–H and O–H groups in total. The molecule has 0 spiro atoms. The van der Waals surface area contributed by atoms with E-state index in [4.69, 9.17) is 4.42 Å². The summed E-state index contributed by atoms with van der Waals surface area (Å²) >= 11 is 0. The first-order valence-electron chi connectivity index (χ1n) is 9.91. The summed E-state index contributed by atoms with van der Waals surface area (Å²) in [6, 6.07) is 10.5. The van der Waals surface area contributed by atoms with E-state index in [1.807, 2.05) is 6.07 Å². The van der Waals surface area contributed by atoms with E-state index < -0.39 is 0 Å². The van der Waals surface area contributed by atoms with E-state index in [2.05, 4.69) is 45.0 Å². The lowest BCUT2D eigenvalue weighted by atomic mass is 10.1. The predicted octanol–water partition coefficient (Wildman–Crippen LogP) is 2.32. The molecule has 0 radical (unpaired) electrons. The van der Waals surface area contributed by atoms with Crippen LogP contribution in [0.5, 0.6) is 0 Å². The van der Waals surface area contributed by atoms with Crippen molar-refractivity contribution in [2.75, 3.05) is 32.7 Å². The molecule has 0 amide bonds. The average Bonchev–Trinajstić information content (AvgIpc) is 3.02. The fraction of sp³-hybridized carbons (Fsp3) is 0.619. The monoisotopic (exact) mass is 332 g/mol. The van der Waals surface area contributed by atoms with Crippen molar-refractivity contribution >= 4 is 11.0 Å². The first kappa shape index (κ1) is 19.0. The standard InChI is InChI=1S/C21H34N2O/c1-4-22(5-2)15-11-7-8-12-16-23(6-3)18-20-17-19-13-9-10-14-21(19)24-20/h9-10,13-14,17H,4-8,11-12,15-16,18H2,1-3H3/p+2. The summed E-state index contributed by atoms with van der Waals surface area (Å²) in [5.74, 6) is 1.12. The van der Waals surface area contributed by atoms with Crippen molar-refractivity contribution in [1.82, 2.24) is 0 Å². The summed E-state index contributed by atoms with van der Waals surface area (Å²) in [5.41, 5.74) is 1.02. The normalized spacial score (nSPS) is 13.0. The summed E-state index contributed by atoms with van der Waals surface area (Å²) in [4.78, 5) is 3.36. The third kappa shape index (κ3) is 5.95. The SMILES string of the molecule is CC[NH+](CC)CCCCCC[NH+](CC)Cc1cc2ccccc2o1. The maximum atomic E-state index is 5.97. The van der Waals surface area contributed by atoms with Crippen molar-refractivity contribution in [1.29, 1.82) is 0 Å². The number of para-hydroxylation sites is 1. The van der Waals surface area contributed by atoms with Crippen LogP contribution in [0.25, 0.3) is 11.0 Å². The van der Waals surface area contributed by atoms with Crippen LogP contribution >= 0.6 is 0 Å². The van der Waals surface area contributed by atoms with Crippen LogP contribution in [0.2, 0.25) is 0 Å². The summed E-state index contributed by atoms with van der Waals surface area (Å²) in [7, 11) is 0. The lowest BCUT2D eigenvalue weighted by Gasteiger charge is -2.17.